The van der Waals surface area contributed by atoms with Crippen LogP contribution in [-0.2, 0) is 16.0 Å². The minimum Gasteiger partial charge on any atom is -0.444 e. The highest BCUT2D eigenvalue weighted by molar-refractivity contribution is 5.96. The van der Waals surface area contributed by atoms with Gasteiger partial charge in [-0.15, -0.1) is 0 Å². The molecule has 0 aliphatic rings. The number of alkyl carbamates (subject to hydrolysis) is 1. The van der Waals surface area contributed by atoms with E-state index >= 15 is 0 Å². The molecule has 0 aliphatic carbocycles. The van der Waals surface area contributed by atoms with Crippen molar-refractivity contribution >= 4 is 23.4 Å². The first-order valence-electron chi connectivity index (χ1n) is 8.73. The molecule has 2 aromatic rings. The summed E-state index contributed by atoms with van der Waals surface area (Å²) in [5.41, 5.74) is 0.476. The second-order valence-electron chi connectivity index (χ2n) is 7.18. The number of anilines is 1. The highest BCUT2D eigenvalue weighted by Gasteiger charge is 2.25. The number of benzene rings is 2. The molecule has 0 radical (unpaired) electrons. The van der Waals surface area contributed by atoms with E-state index in [9.17, 15) is 19.7 Å². The number of carbonyl (C=O) groups is 2. The van der Waals surface area contributed by atoms with Crippen LogP contribution >= 0.6 is 0 Å². The number of rotatable bonds is 6. The lowest BCUT2D eigenvalue weighted by molar-refractivity contribution is -0.384. The predicted molar refractivity (Wildman–Crippen MR) is 105 cm³/mol. The minimum absolute atomic E-state index is 0.0780. The van der Waals surface area contributed by atoms with Gasteiger partial charge >= 0.3 is 6.09 Å². The SMILES string of the molecule is CC(C)(C)OC(=O)N[C@@H](Cc1ccccc1)C(=O)Nc1ccc([N+](=O)[O-])cc1. The molecule has 2 rings (SSSR count). The predicted octanol–water partition coefficient (Wildman–Crippen LogP) is 3.67. The average molecular weight is 385 g/mol. The molecule has 0 saturated heterocycles. The van der Waals surface area contributed by atoms with Gasteiger partial charge in [0.05, 0.1) is 4.92 Å². The van der Waals surface area contributed by atoms with Gasteiger partial charge < -0.3 is 15.4 Å². The van der Waals surface area contributed by atoms with Crippen molar-refractivity contribution in [3.05, 3.63) is 70.3 Å². The van der Waals surface area contributed by atoms with Crippen LogP contribution in [0.1, 0.15) is 26.3 Å². The molecular weight excluding hydrogens is 362 g/mol. The summed E-state index contributed by atoms with van der Waals surface area (Å²) in [6, 6.07) is 13.8. The molecule has 8 heteroatoms. The molecule has 0 spiro atoms. The van der Waals surface area contributed by atoms with Gasteiger partial charge in [-0.2, -0.15) is 0 Å². The van der Waals surface area contributed by atoms with Crippen LogP contribution in [0.15, 0.2) is 54.6 Å². The Labute approximate surface area is 163 Å². The minimum atomic E-state index is -0.882. The van der Waals surface area contributed by atoms with Crippen LogP contribution in [0.25, 0.3) is 0 Å². The summed E-state index contributed by atoms with van der Waals surface area (Å²) in [6.07, 6.45) is -0.439. The monoisotopic (exact) mass is 385 g/mol. The summed E-state index contributed by atoms with van der Waals surface area (Å²) in [5.74, 6) is -0.455. The molecule has 0 bridgehead atoms. The molecule has 2 N–H and O–H groups in total. The Morgan fingerprint density at radius 1 is 1.07 bits per heavy atom. The third kappa shape index (κ3) is 6.71. The highest BCUT2D eigenvalue weighted by Crippen LogP contribution is 2.16. The summed E-state index contributed by atoms with van der Waals surface area (Å²) in [6.45, 7) is 5.20. The second kappa shape index (κ2) is 8.98. The Bertz CT molecular complexity index is 829. The Morgan fingerprint density at radius 3 is 2.21 bits per heavy atom. The fraction of sp³-hybridized carbons (Fsp3) is 0.300. The zero-order valence-corrected chi connectivity index (χ0v) is 16.0. The Kier molecular flexibility index (Phi) is 6.70. The summed E-state index contributed by atoms with van der Waals surface area (Å²) in [4.78, 5) is 35.1. The van der Waals surface area contributed by atoms with Crippen LogP contribution in [0.5, 0.6) is 0 Å². The molecule has 0 fully saturated rings. The van der Waals surface area contributed by atoms with Gasteiger partial charge in [0.1, 0.15) is 11.6 Å². The largest absolute Gasteiger partial charge is 0.444 e. The summed E-state index contributed by atoms with van der Waals surface area (Å²) in [7, 11) is 0. The summed E-state index contributed by atoms with van der Waals surface area (Å²) < 4.78 is 5.24. The molecule has 0 aliphatic heterocycles. The second-order valence-corrected chi connectivity index (χ2v) is 7.18. The molecule has 0 unspecified atom stereocenters. The average Bonchev–Trinajstić information content (AvgIpc) is 2.61. The van der Waals surface area contributed by atoms with Gasteiger partial charge in [-0.25, -0.2) is 4.79 Å². The van der Waals surface area contributed by atoms with Crippen LogP contribution in [0.4, 0.5) is 16.2 Å². The number of non-ortho nitro benzene ring substituents is 1. The maximum Gasteiger partial charge on any atom is 0.408 e. The Hall–Kier alpha value is -3.42. The van der Waals surface area contributed by atoms with Crippen molar-refractivity contribution in [2.24, 2.45) is 0 Å². The number of carbonyl (C=O) groups excluding carboxylic acids is 2. The maximum atomic E-state index is 12.7. The third-order valence-electron chi connectivity index (χ3n) is 3.64. The lowest BCUT2D eigenvalue weighted by Gasteiger charge is -2.23. The van der Waals surface area contributed by atoms with Gasteiger partial charge in [-0.05, 0) is 38.5 Å². The van der Waals surface area contributed by atoms with Gasteiger partial charge in [0.25, 0.3) is 5.69 Å². The van der Waals surface area contributed by atoms with E-state index in [1.54, 1.807) is 20.8 Å². The number of nitrogens with zero attached hydrogens (tertiary/aromatic N) is 1. The van der Waals surface area contributed by atoms with Crippen LogP contribution in [0.2, 0.25) is 0 Å². The van der Waals surface area contributed by atoms with Crippen LogP contribution < -0.4 is 10.6 Å². The number of nitro benzene ring substituents is 1. The van der Waals surface area contributed by atoms with Crippen molar-refractivity contribution in [3.63, 3.8) is 0 Å². The number of nitro groups is 1. The van der Waals surface area contributed by atoms with E-state index in [1.807, 2.05) is 30.3 Å². The maximum absolute atomic E-state index is 12.7. The van der Waals surface area contributed by atoms with Crippen LogP contribution in [0, 0.1) is 10.1 Å². The third-order valence-corrected chi connectivity index (χ3v) is 3.64. The van der Waals surface area contributed by atoms with Gasteiger partial charge in [-0.1, -0.05) is 30.3 Å². The molecule has 0 aromatic heterocycles. The fourth-order valence-electron chi connectivity index (χ4n) is 2.40. The van der Waals surface area contributed by atoms with E-state index in [1.165, 1.54) is 24.3 Å². The topological polar surface area (TPSA) is 111 Å². The van der Waals surface area contributed by atoms with Gasteiger partial charge in [0.15, 0.2) is 0 Å². The van der Waals surface area contributed by atoms with E-state index in [0.717, 1.165) is 5.56 Å². The summed E-state index contributed by atoms with van der Waals surface area (Å²) >= 11 is 0. The first-order valence-corrected chi connectivity index (χ1v) is 8.73. The first-order chi connectivity index (χ1) is 13.1. The lowest BCUT2D eigenvalue weighted by Crippen LogP contribution is -2.47. The van der Waals surface area contributed by atoms with E-state index in [0.29, 0.717) is 5.69 Å². The Balaban J connectivity index is 2.13. The molecule has 148 valence electrons. The van der Waals surface area contributed by atoms with Crippen LogP contribution in [0.3, 0.4) is 0 Å². The Morgan fingerprint density at radius 2 is 1.68 bits per heavy atom. The van der Waals surface area contributed by atoms with Gasteiger partial charge in [-0.3, -0.25) is 14.9 Å². The molecule has 28 heavy (non-hydrogen) atoms. The molecular formula is C20H23N3O5. The van der Waals surface area contributed by atoms with Crippen molar-refractivity contribution in [3.8, 4) is 0 Å². The van der Waals surface area contributed by atoms with Crippen molar-refractivity contribution in [2.45, 2.75) is 38.8 Å². The van der Waals surface area contributed by atoms with Gasteiger partial charge in [0.2, 0.25) is 5.91 Å². The zero-order chi connectivity index (χ0) is 20.7. The number of nitrogens with one attached hydrogen (secondary N) is 2. The molecule has 1 atom stereocenters. The van der Waals surface area contributed by atoms with E-state index < -0.39 is 28.6 Å². The number of hydrogen-bond donors (Lipinski definition) is 2. The van der Waals surface area contributed by atoms with Crippen molar-refractivity contribution in [1.29, 1.82) is 0 Å². The standard InChI is InChI=1S/C20H23N3O5/c1-20(2,3)28-19(25)22-17(13-14-7-5-4-6-8-14)18(24)21-15-9-11-16(12-10-15)23(26)27/h4-12,17H,13H2,1-3H3,(H,21,24)(H,22,25)/t17-/m0/s1. The lowest BCUT2D eigenvalue weighted by atomic mass is 10.1. The van der Waals surface area contributed by atoms with Crippen molar-refractivity contribution in [2.75, 3.05) is 5.32 Å². The molecule has 2 aromatic carbocycles. The summed E-state index contributed by atoms with van der Waals surface area (Å²) in [5, 5.41) is 16.0. The quantitative estimate of drug-likeness (QED) is 0.582. The molecule has 0 heterocycles. The van der Waals surface area contributed by atoms with E-state index in [4.69, 9.17) is 4.74 Å². The van der Waals surface area contributed by atoms with Crippen molar-refractivity contribution in [1.82, 2.24) is 5.32 Å². The van der Waals surface area contributed by atoms with Crippen LogP contribution in [-0.4, -0.2) is 28.6 Å². The van der Waals surface area contributed by atoms with E-state index in [2.05, 4.69) is 10.6 Å². The zero-order valence-electron chi connectivity index (χ0n) is 16.0. The first kappa shape index (κ1) is 20.9. The van der Waals surface area contributed by atoms with Gasteiger partial charge in [0, 0.05) is 24.2 Å². The smallest absolute Gasteiger partial charge is 0.408 e. The molecule has 8 nitrogen and oxygen atoms in total. The number of ether oxygens (including phenoxy) is 1. The molecule has 2 amide bonds. The highest BCUT2D eigenvalue weighted by atomic mass is 16.6. The fourth-order valence-corrected chi connectivity index (χ4v) is 2.40. The number of hydrogen-bond acceptors (Lipinski definition) is 5. The van der Waals surface area contributed by atoms with E-state index in [-0.39, 0.29) is 12.1 Å². The number of amides is 2. The normalized spacial score (nSPS) is 12.0. The van der Waals surface area contributed by atoms with Crippen molar-refractivity contribution < 1.29 is 19.2 Å². The molecule has 0 saturated carbocycles.